The summed E-state index contributed by atoms with van der Waals surface area (Å²) in [5, 5.41) is 10.0. The highest BCUT2D eigenvalue weighted by atomic mass is 16.3. The Bertz CT molecular complexity index is 526. The normalized spacial score (nSPS) is 31.5. The van der Waals surface area contributed by atoms with E-state index in [1.54, 1.807) is 0 Å². The van der Waals surface area contributed by atoms with Crippen LogP contribution in [-0.2, 0) is 11.8 Å². The average molecular weight is 301 g/mol. The van der Waals surface area contributed by atoms with Crippen molar-refractivity contribution in [2.45, 2.75) is 70.3 Å². The highest BCUT2D eigenvalue weighted by molar-refractivity contribution is 5.44. The van der Waals surface area contributed by atoms with Gasteiger partial charge in [0.25, 0.3) is 0 Å². The third-order valence-corrected chi connectivity index (χ3v) is 6.11. The van der Waals surface area contributed by atoms with Crippen LogP contribution in [0.25, 0.3) is 0 Å². The Morgan fingerprint density at radius 2 is 2.09 bits per heavy atom. The number of phenols is 1. The molecule has 0 spiro atoms. The van der Waals surface area contributed by atoms with Crippen LogP contribution in [0.3, 0.4) is 0 Å². The van der Waals surface area contributed by atoms with Crippen LogP contribution in [0.4, 0.5) is 0 Å². The second-order valence-corrected chi connectivity index (χ2v) is 7.75. The van der Waals surface area contributed by atoms with Gasteiger partial charge in [-0.05, 0) is 68.5 Å². The molecule has 0 heterocycles. The summed E-state index contributed by atoms with van der Waals surface area (Å²) in [6, 6.07) is 6.72. The monoisotopic (exact) mass is 301 g/mol. The van der Waals surface area contributed by atoms with Crippen molar-refractivity contribution < 1.29 is 5.11 Å². The first-order valence-electron chi connectivity index (χ1n) is 9.09. The Balaban J connectivity index is 2.08. The van der Waals surface area contributed by atoms with E-state index in [0.29, 0.717) is 11.8 Å². The van der Waals surface area contributed by atoms with E-state index in [4.69, 9.17) is 0 Å². The molecule has 3 rings (SSSR count). The number of fused-ring (bicyclic) bond motifs is 4. The molecule has 1 N–H and O–H groups in total. The van der Waals surface area contributed by atoms with Crippen LogP contribution in [-0.4, -0.2) is 29.6 Å². The van der Waals surface area contributed by atoms with E-state index in [1.807, 2.05) is 6.07 Å². The maximum Gasteiger partial charge on any atom is 0.115 e. The molecule has 122 valence electrons. The van der Waals surface area contributed by atoms with Gasteiger partial charge in [-0.25, -0.2) is 0 Å². The van der Waals surface area contributed by atoms with Gasteiger partial charge in [0.2, 0.25) is 0 Å². The van der Waals surface area contributed by atoms with Gasteiger partial charge < -0.3 is 10.0 Å². The van der Waals surface area contributed by atoms with Crippen LogP contribution in [0.5, 0.6) is 5.75 Å². The molecule has 1 aromatic rings. The van der Waals surface area contributed by atoms with Crippen molar-refractivity contribution in [2.24, 2.45) is 5.92 Å². The molecule has 0 saturated heterocycles. The van der Waals surface area contributed by atoms with Crippen molar-refractivity contribution in [1.29, 1.82) is 0 Å². The highest BCUT2D eigenvalue weighted by Crippen LogP contribution is 2.49. The molecule has 2 aliphatic carbocycles. The summed E-state index contributed by atoms with van der Waals surface area (Å²) in [7, 11) is 2.31. The van der Waals surface area contributed by atoms with Crippen LogP contribution in [0.2, 0.25) is 0 Å². The maximum absolute atomic E-state index is 10.0. The zero-order valence-corrected chi connectivity index (χ0v) is 14.4. The summed E-state index contributed by atoms with van der Waals surface area (Å²) in [5.74, 6) is 1.19. The van der Waals surface area contributed by atoms with Crippen LogP contribution in [0.15, 0.2) is 18.2 Å². The predicted molar refractivity (Wildman–Crippen MR) is 92.4 cm³/mol. The molecular weight excluding hydrogens is 270 g/mol. The number of nitrogens with zero attached hydrogens (tertiary/aromatic N) is 1. The molecule has 3 atom stereocenters. The third kappa shape index (κ3) is 2.67. The van der Waals surface area contributed by atoms with Crippen LogP contribution in [0, 0.1) is 5.92 Å². The molecule has 1 fully saturated rings. The second kappa shape index (κ2) is 6.23. The van der Waals surface area contributed by atoms with Crippen molar-refractivity contribution >= 4 is 0 Å². The van der Waals surface area contributed by atoms with E-state index < -0.39 is 0 Å². The summed E-state index contributed by atoms with van der Waals surface area (Å²) in [4.78, 5) is 2.61. The Hall–Kier alpha value is -1.02. The number of rotatable bonds is 3. The van der Waals surface area contributed by atoms with E-state index in [-0.39, 0.29) is 5.41 Å². The molecular formula is C20H31NO. The Morgan fingerprint density at radius 3 is 2.86 bits per heavy atom. The fourth-order valence-electron chi connectivity index (χ4n) is 5.30. The first kappa shape index (κ1) is 15.9. The Morgan fingerprint density at radius 1 is 1.27 bits per heavy atom. The van der Waals surface area contributed by atoms with Gasteiger partial charge in [-0.1, -0.05) is 39.2 Å². The fraction of sp³-hybridized carbons (Fsp3) is 0.700. The summed E-state index contributed by atoms with van der Waals surface area (Å²) >= 11 is 0. The average Bonchev–Trinajstić information content (AvgIpc) is 2.46. The lowest BCUT2D eigenvalue weighted by molar-refractivity contribution is 0.0643. The molecule has 0 aliphatic heterocycles. The minimum atomic E-state index is 0.182. The molecule has 2 aliphatic rings. The lowest BCUT2D eigenvalue weighted by Gasteiger charge is -2.52. The minimum Gasteiger partial charge on any atom is -0.508 e. The van der Waals surface area contributed by atoms with Crippen molar-refractivity contribution in [1.82, 2.24) is 4.90 Å². The molecule has 2 bridgehead atoms. The standard InChI is InChI=1S/C20H31NO/c1-4-12-21(3)19-16-8-6-5-7-11-20(19,2)18-14-17(22)10-9-15(18)13-16/h9-10,14,16,19,22H,4-8,11-13H2,1-3H3/t16-,19-,20+/m0/s1. The third-order valence-electron chi connectivity index (χ3n) is 6.11. The van der Waals surface area contributed by atoms with Gasteiger partial charge in [0, 0.05) is 11.5 Å². The van der Waals surface area contributed by atoms with Gasteiger partial charge in [-0.3, -0.25) is 0 Å². The Labute approximate surface area is 135 Å². The summed E-state index contributed by atoms with van der Waals surface area (Å²) in [5.41, 5.74) is 3.08. The van der Waals surface area contributed by atoms with Gasteiger partial charge in [-0.2, -0.15) is 0 Å². The topological polar surface area (TPSA) is 23.5 Å². The SMILES string of the molecule is CCCN(C)[C@H]1[C@H]2CCCCC[C@]1(C)c1cc(O)ccc1C2. The van der Waals surface area contributed by atoms with E-state index in [9.17, 15) is 5.11 Å². The number of likely N-dealkylation sites (N-methyl/N-ethyl adjacent to an activating group) is 1. The summed E-state index contributed by atoms with van der Waals surface area (Å²) in [6.07, 6.45) is 9.06. The summed E-state index contributed by atoms with van der Waals surface area (Å²) in [6.45, 7) is 5.90. The van der Waals surface area contributed by atoms with Gasteiger partial charge in [0.15, 0.2) is 0 Å². The van der Waals surface area contributed by atoms with Crippen molar-refractivity contribution in [2.75, 3.05) is 13.6 Å². The highest BCUT2D eigenvalue weighted by Gasteiger charge is 2.47. The molecule has 0 unspecified atom stereocenters. The first-order valence-corrected chi connectivity index (χ1v) is 9.09. The van der Waals surface area contributed by atoms with Gasteiger partial charge in [0.05, 0.1) is 0 Å². The van der Waals surface area contributed by atoms with Crippen molar-refractivity contribution in [3.63, 3.8) is 0 Å². The smallest absolute Gasteiger partial charge is 0.115 e. The zero-order valence-electron chi connectivity index (χ0n) is 14.4. The number of benzene rings is 1. The number of phenolic OH excluding ortho intramolecular Hbond substituents is 1. The first-order chi connectivity index (χ1) is 10.6. The van der Waals surface area contributed by atoms with Crippen molar-refractivity contribution in [3.05, 3.63) is 29.3 Å². The van der Waals surface area contributed by atoms with Gasteiger partial charge in [0.1, 0.15) is 5.75 Å². The molecule has 1 aromatic carbocycles. The van der Waals surface area contributed by atoms with Crippen LogP contribution in [0.1, 0.15) is 63.5 Å². The van der Waals surface area contributed by atoms with E-state index >= 15 is 0 Å². The van der Waals surface area contributed by atoms with Crippen LogP contribution >= 0.6 is 0 Å². The quantitative estimate of drug-likeness (QED) is 0.888. The van der Waals surface area contributed by atoms with E-state index in [2.05, 4.69) is 37.9 Å². The zero-order chi connectivity index (χ0) is 15.7. The minimum absolute atomic E-state index is 0.182. The lowest BCUT2D eigenvalue weighted by Crippen LogP contribution is -2.55. The summed E-state index contributed by atoms with van der Waals surface area (Å²) < 4.78 is 0. The maximum atomic E-state index is 10.0. The van der Waals surface area contributed by atoms with Gasteiger partial charge >= 0.3 is 0 Å². The van der Waals surface area contributed by atoms with Crippen LogP contribution < -0.4 is 0 Å². The molecule has 0 aromatic heterocycles. The molecule has 2 heteroatoms. The second-order valence-electron chi connectivity index (χ2n) is 7.75. The predicted octanol–water partition coefficient (Wildman–Crippen LogP) is 4.50. The number of aromatic hydroxyl groups is 1. The number of hydrogen-bond acceptors (Lipinski definition) is 2. The largest absolute Gasteiger partial charge is 0.508 e. The number of hydrogen-bond donors (Lipinski definition) is 1. The molecule has 1 saturated carbocycles. The van der Waals surface area contributed by atoms with E-state index in [0.717, 1.165) is 5.92 Å². The Kier molecular flexibility index (Phi) is 4.49. The van der Waals surface area contributed by atoms with Gasteiger partial charge in [-0.15, -0.1) is 0 Å². The molecule has 22 heavy (non-hydrogen) atoms. The van der Waals surface area contributed by atoms with Crippen molar-refractivity contribution in [3.8, 4) is 5.75 Å². The van der Waals surface area contributed by atoms with E-state index in [1.165, 1.54) is 62.6 Å². The lowest BCUT2D eigenvalue weighted by atomic mass is 9.59. The molecule has 0 amide bonds. The molecule has 2 nitrogen and oxygen atoms in total. The molecule has 0 radical (unpaired) electrons. The fourth-order valence-corrected chi connectivity index (χ4v) is 5.30.